The third-order valence-electron chi connectivity index (χ3n) is 5.38. The van der Waals surface area contributed by atoms with Crippen LogP contribution in [-0.4, -0.2) is 38.6 Å². The van der Waals surface area contributed by atoms with Crippen molar-refractivity contribution in [2.24, 2.45) is 0 Å². The number of fused-ring (bicyclic) bond motifs is 1. The maximum absolute atomic E-state index is 12.6. The molecule has 0 aliphatic heterocycles. The summed E-state index contributed by atoms with van der Waals surface area (Å²) in [6.45, 7) is 3.20. The zero-order valence-electron chi connectivity index (χ0n) is 17.2. The van der Waals surface area contributed by atoms with Gasteiger partial charge in [0.2, 0.25) is 0 Å². The highest BCUT2D eigenvalue weighted by Gasteiger charge is 2.23. The van der Waals surface area contributed by atoms with Crippen molar-refractivity contribution in [2.75, 3.05) is 32.1 Å². The SMILES string of the molecule is CC[NH+](CC(=O)Nc1cccc(OC)c1)CC(=O)N[C@H]1CCCc2ccccc21. The molecule has 0 fully saturated rings. The second-order valence-corrected chi connectivity index (χ2v) is 7.45. The Hall–Kier alpha value is -2.86. The predicted molar refractivity (Wildman–Crippen MR) is 113 cm³/mol. The van der Waals surface area contributed by atoms with Crippen LogP contribution in [0.4, 0.5) is 5.69 Å². The minimum absolute atomic E-state index is 0.0160. The summed E-state index contributed by atoms with van der Waals surface area (Å²) < 4.78 is 5.18. The first-order valence-corrected chi connectivity index (χ1v) is 10.2. The molecule has 1 unspecified atom stereocenters. The molecule has 2 atom stereocenters. The number of benzene rings is 2. The molecular formula is C23H30N3O3+. The largest absolute Gasteiger partial charge is 0.497 e. The van der Waals surface area contributed by atoms with Crippen LogP contribution < -0.4 is 20.3 Å². The van der Waals surface area contributed by atoms with Crippen molar-refractivity contribution in [1.82, 2.24) is 5.32 Å². The molecule has 3 rings (SSSR count). The van der Waals surface area contributed by atoms with E-state index in [4.69, 9.17) is 4.74 Å². The zero-order chi connectivity index (χ0) is 20.6. The van der Waals surface area contributed by atoms with Crippen molar-refractivity contribution in [1.29, 1.82) is 0 Å². The molecule has 0 saturated heterocycles. The van der Waals surface area contributed by atoms with E-state index in [-0.39, 0.29) is 30.9 Å². The van der Waals surface area contributed by atoms with Gasteiger partial charge in [-0.1, -0.05) is 30.3 Å². The molecular weight excluding hydrogens is 366 g/mol. The van der Waals surface area contributed by atoms with Gasteiger partial charge in [0, 0.05) is 11.8 Å². The van der Waals surface area contributed by atoms with Gasteiger partial charge >= 0.3 is 0 Å². The van der Waals surface area contributed by atoms with Crippen molar-refractivity contribution in [3.8, 4) is 5.75 Å². The predicted octanol–water partition coefficient (Wildman–Crippen LogP) is 1.73. The maximum Gasteiger partial charge on any atom is 0.279 e. The maximum atomic E-state index is 12.6. The number of aryl methyl sites for hydroxylation is 1. The Morgan fingerprint density at radius 2 is 1.90 bits per heavy atom. The van der Waals surface area contributed by atoms with Gasteiger partial charge in [0.25, 0.3) is 11.8 Å². The lowest BCUT2D eigenvalue weighted by Gasteiger charge is -2.27. The minimum Gasteiger partial charge on any atom is -0.497 e. The number of rotatable bonds is 8. The molecule has 2 amide bonds. The number of quaternary nitrogens is 1. The normalized spacial score (nSPS) is 16.4. The Kier molecular flexibility index (Phi) is 7.25. The van der Waals surface area contributed by atoms with E-state index in [1.165, 1.54) is 11.1 Å². The highest BCUT2D eigenvalue weighted by Crippen LogP contribution is 2.29. The Morgan fingerprint density at radius 1 is 1.10 bits per heavy atom. The van der Waals surface area contributed by atoms with Gasteiger partial charge in [-0.2, -0.15) is 0 Å². The number of anilines is 1. The summed E-state index contributed by atoms with van der Waals surface area (Å²) in [5, 5.41) is 6.05. The van der Waals surface area contributed by atoms with Crippen LogP contribution in [-0.2, 0) is 16.0 Å². The van der Waals surface area contributed by atoms with Crippen LogP contribution in [0, 0.1) is 0 Å². The van der Waals surface area contributed by atoms with Gasteiger partial charge < -0.3 is 20.3 Å². The molecule has 3 N–H and O–H groups in total. The second-order valence-electron chi connectivity index (χ2n) is 7.45. The monoisotopic (exact) mass is 396 g/mol. The fourth-order valence-electron chi connectivity index (χ4n) is 3.82. The van der Waals surface area contributed by atoms with Crippen molar-refractivity contribution >= 4 is 17.5 Å². The third kappa shape index (κ3) is 5.81. The average molecular weight is 397 g/mol. The second kappa shape index (κ2) is 10.1. The van der Waals surface area contributed by atoms with E-state index < -0.39 is 0 Å². The summed E-state index contributed by atoms with van der Waals surface area (Å²) in [6, 6.07) is 15.6. The lowest BCUT2D eigenvalue weighted by Crippen LogP contribution is -3.14. The molecule has 154 valence electrons. The third-order valence-corrected chi connectivity index (χ3v) is 5.38. The van der Waals surface area contributed by atoms with Crippen LogP contribution in [0.2, 0.25) is 0 Å². The molecule has 2 aromatic rings. The fourth-order valence-corrected chi connectivity index (χ4v) is 3.82. The number of hydrogen-bond acceptors (Lipinski definition) is 3. The standard InChI is InChI=1S/C23H29N3O3/c1-3-26(15-22(27)24-18-10-7-11-19(14-18)29-2)16-23(28)25-21-13-6-9-17-8-4-5-12-20(17)21/h4-5,7-8,10-12,14,21H,3,6,9,13,15-16H2,1-2H3,(H,24,27)(H,25,28)/p+1/t21-/m0/s1. The van der Waals surface area contributed by atoms with Gasteiger partial charge in [-0.05, 0) is 49.4 Å². The van der Waals surface area contributed by atoms with Gasteiger partial charge in [-0.3, -0.25) is 9.59 Å². The first-order chi connectivity index (χ1) is 14.1. The van der Waals surface area contributed by atoms with Crippen molar-refractivity contribution in [3.05, 3.63) is 59.7 Å². The molecule has 6 heteroatoms. The van der Waals surface area contributed by atoms with Crippen LogP contribution in [0.3, 0.4) is 0 Å². The van der Waals surface area contributed by atoms with Gasteiger partial charge in [0.1, 0.15) is 5.75 Å². The average Bonchev–Trinajstić information content (AvgIpc) is 2.73. The van der Waals surface area contributed by atoms with Gasteiger partial charge in [-0.15, -0.1) is 0 Å². The summed E-state index contributed by atoms with van der Waals surface area (Å²) in [5.41, 5.74) is 3.23. The first kappa shape index (κ1) is 20.9. The molecule has 0 heterocycles. The van der Waals surface area contributed by atoms with E-state index in [2.05, 4.69) is 22.8 Å². The number of ether oxygens (including phenoxy) is 1. The summed E-state index contributed by atoms with van der Waals surface area (Å²) >= 11 is 0. The fraction of sp³-hybridized carbons (Fsp3) is 0.391. The molecule has 1 aliphatic carbocycles. The summed E-state index contributed by atoms with van der Waals surface area (Å²) in [7, 11) is 1.59. The number of hydrogen-bond donors (Lipinski definition) is 3. The number of methoxy groups -OCH3 is 1. The van der Waals surface area contributed by atoms with E-state index in [0.29, 0.717) is 18.0 Å². The molecule has 2 aromatic carbocycles. The van der Waals surface area contributed by atoms with E-state index in [1.54, 1.807) is 13.2 Å². The summed E-state index contributed by atoms with van der Waals surface area (Å²) in [6.07, 6.45) is 3.11. The van der Waals surface area contributed by atoms with Gasteiger partial charge in [-0.25, -0.2) is 0 Å². The van der Waals surface area contributed by atoms with E-state index in [9.17, 15) is 9.59 Å². The molecule has 0 spiro atoms. The summed E-state index contributed by atoms with van der Waals surface area (Å²) in [4.78, 5) is 26.0. The van der Waals surface area contributed by atoms with Crippen molar-refractivity contribution in [3.63, 3.8) is 0 Å². The van der Waals surface area contributed by atoms with E-state index in [0.717, 1.165) is 24.2 Å². The van der Waals surface area contributed by atoms with Crippen molar-refractivity contribution in [2.45, 2.75) is 32.2 Å². The minimum atomic E-state index is -0.120. The first-order valence-electron chi connectivity index (χ1n) is 10.2. The lowest BCUT2D eigenvalue weighted by molar-refractivity contribution is -0.881. The van der Waals surface area contributed by atoms with Crippen LogP contribution in [0.5, 0.6) is 5.75 Å². The molecule has 6 nitrogen and oxygen atoms in total. The molecule has 0 bridgehead atoms. The summed E-state index contributed by atoms with van der Waals surface area (Å²) in [5.74, 6) is 0.554. The van der Waals surface area contributed by atoms with Crippen LogP contribution in [0.15, 0.2) is 48.5 Å². The molecule has 0 aromatic heterocycles. The molecule has 1 aliphatic rings. The number of likely N-dealkylation sites (N-methyl/N-ethyl adjacent to an activating group) is 1. The highest BCUT2D eigenvalue weighted by molar-refractivity contribution is 5.91. The Balaban J connectivity index is 1.53. The van der Waals surface area contributed by atoms with Gasteiger partial charge in [0.05, 0.1) is 19.7 Å². The molecule has 0 saturated carbocycles. The Labute approximate surface area is 172 Å². The van der Waals surface area contributed by atoms with Gasteiger partial charge in [0.15, 0.2) is 13.1 Å². The Bertz CT molecular complexity index is 853. The molecule has 0 radical (unpaired) electrons. The smallest absolute Gasteiger partial charge is 0.279 e. The number of amides is 2. The van der Waals surface area contributed by atoms with Crippen LogP contribution >= 0.6 is 0 Å². The highest BCUT2D eigenvalue weighted by atomic mass is 16.5. The van der Waals surface area contributed by atoms with Crippen molar-refractivity contribution < 1.29 is 19.2 Å². The molecule has 29 heavy (non-hydrogen) atoms. The van der Waals surface area contributed by atoms with Crippen LogP contribution in [0.25, 0.3) is 0 Å². The number of nitrogens with one attached hydrogen (secondary N) is 3. The van der Waals surface area contributed by atoms with Crippen LogP contribution in [0.1, 0.15) is 36.9 Å². The van der Waals surface area contributed by atoms with E-state index in [1.807, 2.05) is 37.3 Å². The number of carbonyl (C=O) groups is 2. The topological polar surface area (TPSA) is 71.9 Å². The quantitative estimate of drug-likeness (QED) is 0.636. The lowest BCUT2D eigenvalue weighted by atomic mass is 9.88. The Morgan fingerprint density at radius 3 is 2.69 bits per heavy atom. The zero-order valence-corrected chi connectivity index (χ0v) is 17.2. The number of carbonyl (C=O) groups excluding carboxylic acids is 2. The van der Waals surface area contributed by atoms with E-state index >= 15 is 0 Å².